The molecule has 0 spiro atoms. The molecule has 1 fully saturated rings. The Morgan fingerprint density at radius 1 is 1.25 bits per heavy atom. The topological polar surface area (TPSA) is 59.8 Å². The molecule has 126 valence electrons. The quantitative estimate of drug-likeness (QED) is 0.927. The molecule has 1 aromatic carbocycles. The van der Waals surface area contributed by atoms with Gasteiger partial charge in [0.15, 0.2) is 5.82 Å². The Bertz CT molecular complexity index is 757. The van der Waals surface area contributed by atoms with Gasteiger partial charge in [0.2, 0.25) is 5.91 Å². The molecular weight excluding hydrogens is 324 g/mol. The van der Waals surface area contributed by atoms with E-state index in [1.54, 1.807) is 0 Å². The summed E-state index contributed by atoms with van der Waals surface area (Å²) in [5.41, 5.74) is 1.08. The molecule has 0 unspecified atom stereocenters. The fraction of sp³-hybridized carbons (Fsp3) is 0.500. The van der Waals surface area contributed by atoms with Gasteiger partial charge in [0, 0.05) is 23.9 Å². The molecule has 1 saturated carbocycles. The SMILES string of the molecule is O=C(NCc1nnc2n1CCCCC2)[C@@H]1C[C@@H]1c1ccccc1Cl. The van der Waals surface area contributed by atoms with Crippen molar-refractivity contribution < 1.29 is 4.79 Å². The number of aromatic nitrogens is 3. The number of aryl methyl sites for hydroxylation is 1. The second-order valence-corrected chi connectivity index (χ2v) is 7.09. The molecule has 0 saturated heterocycles. The third-order valence-electron chi connectivity index (χ3n) is 5.04. The van der Waals surface area contributed by atoms with E-state index < -0.39 is 0 Å². The molecule has 1 N–H and O–H groups in total. The van der Waals surface area contributed by atoms with Gasteiger partial charge >= 0.3 is 0 Å². The van der Waals surface area contributed by atoms with Crippen LogP contribution in [0.2, 0.25) is 5.02 Å². The number of nitrogens with zero attached hydrogens (tertiary/aromatic N) is 3. The first kappa shape index (κ1) is 15.6. The maximum atomic E-state index is 12.4. The lowest BCUT2D eigenvalue weighted by Gasteiger charge is -2.08. The molecule has 4 rings (SSSR count). The first-order chi connectivity index (χ1) is 11.7. The molecule has 1 aliphatic heterocycles. The number of hydrogen-bond donors (Lipinski definition) is 1. The summed E-state index contributed by atoms with van der Waals surface area (Å²) in [7, 11) is 0. The standard InChI is InChI=1S/C18H21ClN4O/c19-15-7-4-3-6-12(15)13-10-14(13)18(24)20-11-17-22-21-16-8-2-1-5-9-23(16)17/h3-4,6-7,13-14H,1-2,5,8-11H2,(H,20,24)/t13-,14-/m1/s1. The van der Waals surface area contributed by atoms with E-state index in [1.165, 1.54) is 12.8 Å². The number of carbonyl (C=O) groups excluding carboxylic acids is 1. The highest BCUT2D eigenvalue weighted by molar-refractivity contribution is 6.31. The minimum absolute atomic E-state index is 0.0245. The summed E-state index contributed by atoms with van der Waals surface area (Å²) in [6.45, 7) is 1.41. The normalized spacial score (nSPS) is 22.5. The monoisotopic (exact) mass is 344 g/mol. The van der Waals surface area contributed by atoms with Gasteiger partial charge in [0.1, 0.15) is 5.82 Å². The number of hydrogen-bond acceptors (Lipinski definition) is 3. The zero-order chi connectivity index (χ0) is 16.5. The minimum atomic E-state index is 0.0245. The van der Waals surface area contributed by atoms with Crippen molar-refractivity contribution in [2.24, 2.45) is 5.92 Å². The lowest BCUT2D eigenvalue weighted by atomic mass is 10.1. The van der Waals surface area contributed by atoms with Crippen molar-refractivity contribution in [2.45, 2.75) is 51.1 Å². The van der Waals surface area contributed by atoms with E-state index in [-0.39, 0.29) is 17.7 Å². The number of nitrogens with one attached hydrogen (secondary N) is 1. The Morgan fingerprint density at radius 3 is 3.00 bits per heavy atom. The lowest BCUT2D eigenvalue weighted by Crippen LogP contribution is -2.26. The third-order valence-corrected chi connectivity index (χ3v) is 5.38. The van der Waals surface area contributed by atoms with Crippen molar-refractivity contribution in [3.63, 3.8) is 0 Å². The van der Waals surface area contributed by atoms with Crippen LogP contribution in [-0.2, 0) is 24.3 Å². The van der Waals surface area contributed by atoms with Crippen molar-refractivity contribution in [3.8, 4) is 0 Å². The summed E-state index contributed by atoms with van der Waals surface area (Å²) in [5, 5.41) is 12.3. The van der Waals surface area contributed by atoms with Crippen LogP contribution in [0, 0.1) is 5.92 Å². The summed E-state index contributed by atoms with van der Waals surface area (Å²) < 4.78 is 2.17. The number of fused-ring (bicyclic) bond motifs is 1. The molecule has 5 nitrogen and oxygen atoms in total. The first-order valence-corrected chi connectivity index (χ1v) is 9.05. The Morgan fingerprint density at radius 2 is 2.12 bits per heavy atom. The van der Waals surface area contributed by atoms with E-state index in [1.807, 2.05) is 24.3 Å². The van der Waals surface area contributed by atoms with Gasteiger partial charge in [0.05, 0.1) is 6.54 Å². The highest BCUT2D eigenvalue weighted by atomic mass is 35.5. The molecule has 1 aliphatic carbocycles. The van der Waals surface area contributed by atoms with Crippen molar-refractivity contribution >= 4 is 17.5 Å². The minimum Gasteiger partial charge on any atom is -0.349 e. The van der Waals surface area contributed by atoms with Crippen molar-refractivity contribution in [1.29, 1.82) is 0 Å². The number of amides is 1. The van der Waals surface area contributed by atoms with Gasteiger partial charge in [-0.25, -0.2) is 0 Å². The maximum Gasteiger partial charge on any atom is 0.224 e. The Balaban J connectivity index is 1.37. The van der Waals surface area contributed by atoms with Crippen LogP contribution < -0.4 is 5.32 Å². The number of rotatable bonds is 4. The maximum absolute atomic E-state index is 12.4. The average Bonchev–Trinajstić information content (AvgIpc) is 3.34. The average molecular weight is 345 g/mol. The molecule has 2 heterocycles. The Kier molecular flexibility index (Phi) is 4.27. The van der Waals surface area contributed by atoms with Crippen LogP contribution in [0.5, 0.6) is 0 Å². The van der Waals surface area contributed by atoms with Crippen LogP contribution in [0.4, 0.5) is 0 Å². The zero-order valence-electron chi connectivity index (χ0n) is 13.5. The summed E-state index contributed by atoms with van der Waals surface area (Å²) in [6.07, 6.45) is 5.41. The van der Waals surface area contributed by atoms with E-state index in [0.29, 0.717) is 6.54 Å². The van der Waals surface area contributed by atoms with Crippen LogP contribution in [0.15, 0.2) is 24.3 Å². The molecule has 0 radical (unpaired) electrons. The highest BCUT2D eigenvalue weighted by Gasteiger charge is 2.44. The van der Waals surface area contributed by atoms with Crippen molar-refractivity contribution in [3.05, 3.63) is 46.5 Å². The van der Waals surface area contributed by atoms with Crippen LogP contribution >= 0.6 is 11.6 Å². The van der Waals surface area contributed by atoms with Gasteiger partial charge in [0.25, 0.3) is 0 Å². The van der Waals surface area contributed by atoms with E-state index in [2.05, 4.69) is 20.1 Å². The van der Waals surface area contributed by atoms with Gasteiger partial charge in [-0.15, -0.1) is 10.2 Å². The molecule has 0 bridgehead atoms. The molecule has 2 aliphatic rings. The van der Waals surface area contributed by atoms with Gasteiger partial charge < -0.3 is 9.88 Å². The van der Waals surface area contributed by atoms with Crippen LogP contribution in [0.25, 0.3) is 0 Å². The van der Waals surface area contributed by atoms with E-state index >= 15 is 0 Å². The predicted molar refractivity (Wildman–Crippen MR) is 91.7 cm³/mol. The molecule has 6 heteroatoms. The third kappa shape index (κ3) is 3.05. The number of benzene rings is 1. The van der Waals surface area contributed by atoms with Gasteiger partial charge in [-0.2, -0.15) is 0 Å². The summed E-state index contributed by atoms with van der Waals surface area (Å²) in [4.78, 5) is 12.4. The Labute approximate surface area is 146 Å². The molecular formula is C18H21ClN4O. The molecule has 2 aromatic rings. The molecule has 1 aromatic heterocycles. The van der Waals surface area contributed by atoms with Crippen LogP contribution in [0.1, 0.15) is 48.8 Å². The summed E-state index contributed by atoms with van der Waals surface area (Å²) in [5.74, 6) is 2.28. The number of halogens is 1. The van der Waals surface area contributed by atoms with E-state index in [9.17, 15) is 4.79 Å². The van der Waals surface area contributed by atoms with E-state index in [0.717, 1.165) is 48.0 Å². The largest absolute Gasteiger partial charge is 0.349 e. The van der Waals surface area contributed by atoms with Crippen LogP contribution in [0.3, 0.4) is 0 Å². The first-order valence-electron chi connectivity index (χ1n) is 8.67. The van der Waals surface area contributed by atoms with Gasteiger partial charge in [-0.3, -0.25) is 4.79 Å². The van der Waals surface area contributed by atoms with Crippen LogP contribution in [-0.4, -0.2) is 20.7 Å². The smallest absolute Gasteiger partial charge is 0.224 e. The fourth-order valence-corrected chi connectivity index (χ4v) is 3.85. The zero-order valence-corrected chi connectivity index (χ0v) is 14.3. The van der Waals surface area contributed by atoms with Crippen molar-refractivity contribution in [1.82, 2.24) is 20.1 Å². The second kappa shape index (κ2) is 6.55. The highest BCUT2D eigenvalue weighted by Crippen LogP contribution is 2.49. The molecule has 24 heavy (non-hydrogen) atoms. The number of carbonyl (C=O) groups is 1. The summed E-state index contributed by atoms with van der Waals surface area (Å²) >= 11 is 6.23. The lowest BCUT2D eigenvalue weighted by molar-refractivity contribution is -0.122. The Hall–Kier alpha value is -1.88. The van der Waals surface area contributed by atoms with Crippen molar-refractivity contribution in [2.75, 3.05) is 0 Å². The fourth-order valence-electron chi connectivity index (χ4n) is 3.58. The molecule has 2 atom stereocenters. The summed E-state index contributed by atoms with van der Waals surface area (Å²) in [6, 6.07) is 7.79. The van der Waals surface area contributed by atoms with Gasteiger partial charge in [-0.05, 0) is 36.8 Å². The second-order valence-electron chi connectivity index (χ2n) is 6.68. The molecule has 1 amide bonds. The van der Waals surface area contributed by atoms with Gasteiger partial charge in [-0.1, -0.05) is 36.2 Å². The van der Waals surface area contributed by atoms with E-state index in [4.69, 9.17) is 11.6 Å². The predicted octanol–water partition coefficient (Wildman–Crippen LogP) is 3.08.